The van der Waals surface area contributed by atoms with Crippen molar-refractivity contribution in [1.82, 2.24) is 0 Å². The van der Waals surface area contributed by atoms with Crippen LogP contribution < -0.4 is 14.4 Å². The van der Waals surface area contributed by atoms with Gasteiger partial charge in [0.2, 0.25) is 0 Å². The summed E-state index contributed by atoms with van der Waals surface area (Å²) in [4.78, 5) is 1.54. The fourth-order valence-corrected chi connectivity index (χ4v) is 3.00. The molecule has 1 fully saturated rings. The highest BCUT2D eigenvalue weighted by atomic mass is 16.5. The van der Waals surface area contributed by atoms with Crippen LogP contribution in [0, 0.1) is 0 Å². The van der Waals surface area contributed by atoms with Crippen LogP contribution in [0.2, 0.25) is 0 Å². The van der Waals surface area contributed by atoms with E-state index >= 15 is 0 Å². The van der Waals surface area contributed by atoms with E-state index in [1.54, 1.807) is 7.11 Å². The van der Waals surface area contributed by atoms with E-state index in [2.05, 4.69) is 13.8 Å². The Hall–Kier alpha value is -1.52. The maximum atomic E-state index is 5.92. The topological polar surface area (TPSA) is 32.1 Å². The first-order chi connectivity index (χ1) is 10.6. The van der Waals surface area contributed by atoms with Crippen molar-refractivity contribution in [2.75, 3.05) is 33.4 Å². The Balaban J connectivity index is 1.88. The molecule has 0 saturated carbocycles. The molecule has 3 atom stereocenters. The maximum absolute atomic E-state index is 5.92. The van der Waals surface area contributed by atoms with Gasteiger partial charge in [0.05, 0.1) is 7.11 Å². The molecule has 0 radical (unpaired) electrons. The molecule has 1 aromatic carbocycles. The normalized spacial score (nSPS) is 25.4. The number of hydrogen-bond acceptors (Lipinski definition) is 3. The largest absolute Gasteiger partial charge is 0.493 e. The zero-order valence-electron chi connectivity index (χ0n) is 14.1. The number of ether oxygens (including phenoxy) is 3. The first-order valence-electron chi connectivity index (χ1n) is 8.05. The van der Waals surface area contributed by atoms with Crippen LogP contribution in [-0.4, -0.2) is 45.6 Å². The Labute approximate surface area is 133 Å². The molecule has 22 heavy (non-hydrogen) atoms. The van der Waals surface area contributed by atoms with Gasteiger partial charge in [-0.2, -0.15) is 0 Å². The van der Waals surface area contributed by atoms with Gasteiger partial charge in [-0.3, -0.25) is 0 Å². The summed E-state index contributed by atoms with van der Waals surface area (Å²) in [5.74, 6) is 1.60. The van der Waals surface area contributed by atoms with Crippen LogP contribution in [0.1, 0.15) is 26.3 Å². The summed E-state index contributed by atoms with van der Waals surface area (Å²) >= 11 is 0. The molecule has 1 saturated heterocycles. The number of hydrogen-bond donors (Lipinski definition) is 1. The van der Waals surface area contributed by atoms with Crippen molar-refractivity contribution in [3.8, 4) is 11.5 Å². The van der Waals surface area contributed by atoms with Crippen LogP contribution in [0.15, 0.2) is 24.3 Å². The second-order valence-corrected chi connectivity index (χ2v) is 5.92. The average molecular weight is 306 g/mol. The Morgan fingerprint density at radius 1 is 1.23 bits per heavy atom. The van der Waals surface area contributed by atoms with Gasteiger partial charge in [-0.25, -0.2) is 0 Å². The predicted octanol–water partition coefficient (Wildman–Crippen LogP) is 1.80. The first-order valence-corrected chi connectivity index (χ1v) is 8.05. The van der Waals surface area contributed by atoms with Gasteiger partial charge in [-0.05, 0) is 38.5 Å². The molecular weight excluding hydrogens is 278 g/mol. The van der Waals surface area contributed by atoms with Crippen LogP contribution in [0.3, 0.4) is 0 Å². The lowest BCUT2D eigenvalue weighted by Gasteiger charge is -2.32. The first kappa shape index (κ1) is 16.8. The lowest BCUT2D eigenvalue weighted by molar-refractivity contribution is -0.915. The van der Waals surface area contributed by atoms with Crippen molar-refractivity contribution in [3.05, 3.63) is 29.8 Å². The predicted molar refractivity (Wildman–Crippen MR) is 88.8 cm³/mol. The molecule has 1 aliphatic rings. The Morgan fingerprint density at radius 2 is 1.95 bits per heavy atom. The minimum absolute atomic E-state index is 0.327. The van der Waals surface area contributed by atoms with Crippen molar-refractivity contribution < 1.29 is 19.1 Å². The van der Waals surface area contributed by atoms with E-state index in [1.165, 1.54) is 4.90 Å². The second kappa shape index (κ2) is 8.20. The molecule has 0 bridgehead atoms. The summed E-state index contributed by atoms with van der Waals surface area (Å²) in [5, 5.41) is 0. The molecule has 0 aromatic heterocycles. The molecule has 1 unspecified atom stereocenters. The number of morpholine rings is 1. The molecule has 1 aliphatic heterocycles. The average Bonchev–Trinajstić information content (AvgIpc) is 2.48. The zero-order chi connectivity index (χ0) is 15.9. The number of benzene rings is 1. The van der Waals surface area contributed by atoms with Crippen molar-refractivity contribution in [1.29, 1.82) is 0 Å². The number of methoxy groups -OCH3 is 1. The zero-order valence-corrected chi connectivity index (χ0v) is 14.1. The highest BCUT2D eigenvalue weighted by Crippen LogP contribution is 2.28. The minimum atomic E-state index is 0.327. The van der Waals surface area contributed by atoms with Crippen LogP contribution in [0.4, 0.5) is 0 Å². The van der Waals surface area contributed by atoms with Crippen LogP contribution in [0.5, 0.6) is 11.5 Å². The molecule has 4 heteroatoms. The van der Waals surface area contributed by atoms with Gasteiger partial charge >= 0.3 is 0 Å². The van der Waals surface area contributed by atoms with Crippen LogP contribution >= 0.6 is 0 Å². The van der Waals surface area contributed by atoms with Gasteiger partial charge in [-0.15, -0.1) is 0 Å². The van der Waals surface area contributed by atoms with E-state index in [1.807, 2.05) is 37.3 Å². The van der Waals surface area contributed by atoms with Crippen molar-refractivity contribution in [2.24, 2.45) is 0 Å². The summed E-state index contributed by atoms with van der Waals surface area (Å²) in [7, 11) is 1.68. The number of quaternary nitrogens is 1. The molecule has 1 N–H and O–H groups in total. The Morgan fingerprint density at radius 3 is 2.59 bits per heavy atom. The SMILES string of the molecule is C/C=C/c1ccc(OCC[NH+]2C[C@@H](C)O[C@@H](C)C2)c(OC)c1. The summed E-state index contributed by atoms with van der Waals surface area (Å²) in [6, 6.07) is 6.03. The minimum Gasteiger partial charge on any atom is -0.493 e. The molecule has 0 spiro atoms. The van der Waals surface area contributed by atoms with Gasteiger partial charge in [0.1, 0.15) is 38.4 Å². The molecule has 1 aromatic rings. The molecule has 0 aliphatic carbocycles. The molecule has 0 amide bonds. The summed E-state index contributed by atoms with van der Waals surface area (Å²) < 4.78 is 17.1. The number of rotatable bonds is 6. The van der Waals surface area contributed by atoms with Gasteiger partial charge in [-0.1, -0.05) is 18.2 Å². The second-order valence-electron chi connectivity index (χ2n) is 5.92. The summed E-state index contributed by atoms with van der Waals surface area (Å²) in [5.41, 5.74) is 1.12. The lowest BCUT2D eigenvalue weighted by atomic mass is 10.2. The monoisotopic (exact) mass is 306 g/mol. The number of nitrogens with one attached hydrogen (secondary N) is 1. The van der Waals surface area contributed by atoms with Gasteiger partial charge < -0.3 is 19.1 Å². The lowest BCUT2D eigenvalue weighted by Crippen LogP contribution is -3.16. The number of allylic oxidation sites excluding steroid dienone is 1. The van der Waals surface area contributed by atoms with E-state index in [4.69, 9.17) is 14.2 Å². The third-order valence-electron chi connectivity index (χ3n) is 3.88. The van der Waals surface area contributed by atoms with Crippen molar-refractivity contribution in [3.63, 3.8) is 0 Å². The Kier molecular flexibility index (Phi) is 6.28. The van der Waals surface area contributed by atoms with Gasteiger partial charge in [0.25, 0.3) is 0 Å². The van der Waals surface area contributed by atoms with Crippen molar-refractivity contribution in [2.45, 2.75) is 33.0 Å². The summed E-state index contributed by atoms with van der Waals surface area (Å²) in [6.45, 7) is 10.0. The standard InChI is InChI=1S/C18H27NO3/c1-5-6-16-7-8-17(18(11-16)20-4)21-10-9-19-12-14(2)22-15(3)13-19/h5-8,11,14-15H,9-10,12-13H2,1-4H3/p+1/b6-5+/t14-,15+. The van der Waals surface area contributed by atoms with E-state index in [9.17, 15) is 0 Å². The molecule has 122 valence electrons. The highest BCUT2D eigenvalue weighted by molar-refractivity contribution is 5.55. The maximum Gasteiger partial charge on any atom is 0.161 e. The smallest absolute Gasteiger partial charge is 0.161 e. The molecule has 2 rings (SSSR count). The van der Waals surface area contributed by atoms with E-state index in [-0.39, 0.29) is 0 Å². The highest BCUT2D eigenvalue weighted by Gasteiger charge is 2.25. The fourth-order valence-electron chi connectivity index (χ4n) is 3.00. The fraction of sp³-hybridized carbons (Fsp3) is 0.556. The quantitative estimate of drug-likeness (QED) is 0.870. The molecule has 4 nitrogen and oxygen atoms in total. The molecule has 1 heterocycles. The Bertz CT molecular complexity index is 491. The van der Waals surface area contributed by atoms with Crippen molar-refractivity contribution >= 4 is 6.08 Å². The van der Waals surface area contributed by atoms with E-state index < -0.39 is 0 Å². The summed E-state index contributed by atoms with van der Waals surface area (Å²) in [6.07, 6.45) is 4.72. The van der Waals surface area contributed by atoms with Crippen LogP contribution in [0.25, 0.3) is 6.08 Å². The van der Waals surface area contributed by atoms with Gasteiger partial charge in [0.15, 0.2) is 11.5 Å². The third-order valence-corrected chi connectivity index (χ3v) is 3.88. The van der Waals surface area contributed by atoms with Gasteiger partial charge in [0, 0.05) is 0 Å². The van der Waals surface area contributed by atoms with Crippen LogP contribution in [-0.2, 0) is 4.74 Å². The third kappa shape index (κ3) is 4.75. The van der Waals surface area contributed by atoms with E-state index in [0.29, 0.717) is 18.8 Å². The molecular formula is C18H28NO3+. The van der Waals surface area contributed by atoms with E-state index in [0.717, 1.165) is 36.7 Å².